The highest BCUT2D eigenvalue weighted by Crippen LogP contribution is 2.25. The topological polar surface area (TPSA) is 57.2 Å². The van der Waals surface area contributed by atoms with Crippen LogP contribution >= 0.6 is 0 Å². The molecule has 1 aliphatic rings. The van der Waals surface area contributed by atoms with Gasteiger partial charge in [-0.1, -0.05) is 26.0 Å². The second-order valence-corrected chi connectivity index (χ2v) is 7.28. The number of rotatable bonds is 5. The van der Waals surface area contributed by atoms with E-state index in [1.807, 2.05) is 17.0 Å². The van der Waals surface area contributed by atoms with Crippen LogP contribution in [0.1, 0.15) is 33.3 Å². The number of guanidine groups is 1. The van der Waals surface area contributed by atoms with Gasteiger partial charge in [-0.2, -0.15) is 0 Å². The molecule has 1 heterocycles. The van der Waals surface area contributed by atoms with Gasteiger partial charge in [0.25, 0.3) is 0 Å². The van der Waals surface area contributed by atoms with Crippen molar-refractivity contribution in [2.24, 2.45) is 4.99 Å². The maximum Gasteiger partial charge on any atom is 0.219 e. The molecule has 0 saturated carbocycles. The summed E-state index contributed by atoms with van der Waals surface area (Å²) in [6, 6.07) is 8.19. The normalized spacial score (nSPS) is 15.8. The lowest BCUT2D eigenvalue weighted by Gasteiger charge is -2.36. The van der Waals surface area contributed by atoms with E-state index in [-0.39, 0.29) is 11.3 Å². The molecule has 0 radical (unpaired) electrons. The molecule has 1 amide bonds. The summed E-state index contributed by atoms with van der Waals surface area (Å²) in [7, 11) is 1.68. The van der Waals surface area contributed by atoms with Crippen molar-refractivity contribution in [3.8, 4) is 5.75 Å². The van der Waals surface area contributed by atoms with Crippen LogP contribution in [-0.2, 0) is 10.2 Å². The Hall–Kier alpha value is -2.24. The fourth-order valence-corrected chi connectivity index (χ4v) is 3.06. The number of hydrogen-bond acceptors (Lipinski definition) is 3. The smallest absolute Gasteiger partial charge is 0.219 e. The molecular weight excluding hydrogens is 328 g/mol. The van der Waals surface area contributed by atoms with Crippen molar-refractivity contribution in [2.45, 2.75) is 33.1 Å². The molecule has 0 aliphatic carbocycles. The summed E-state index contributed by atoms with van der Waals surface area (Å²) in [5.41, 5.74) is 1.16. The van der Waals surface area contributed by atoms with Crippen LogP contribution in [0, 0.1) is 0 Å². The first-order valence-corrected chi connectivity index (χ1v) is 9.30. The van der Waals surface area contributed by atoms with Crippen LogP contribution in [0.15, 0.2) is 29.3 Å². The summed E-state index contributed by atoms with van der Waals surface area (Å²) >= 11 is 0. The van der Waals surface area contributed by atoms with E-state index in [4.69, 9.17) is 9.73 Å². The van der Waals surface area contributed by atoms with Crippen molar-refractivity contribution >= 4 is 11.9 Å². The number of ether oxygens (including phenoxy) is 1. The number of nitrogens with zero attached hydrogens (tertiary/aromatic N) is 3. The van der Waals surface area contributed by atoms with Gasteiger partial charge in [0, 0.05) is 45.1 Å². The maximum atomic E-state index is 11.5. The average molecular weight is 361 g/mol. The highest BCUT2D eigenvalue weighted by Gasteiger charge is 2.24. The second-order valence-electron chi connectivity index (χ2n) is 7.28. The third kappa shape index (κ3) is 5.13. The predicted octanol–water partition coefficient (Wildman–Crippen LogP) is 2.10. The molecule has 1 aromatic carbocycles. The molecule has 1 aliphatic heterocycles. The second kappa shape index (κ2) is 8.92. The van der Waals surface area contributed by atoms with Crippen LogP contribution in [-0.4, -0.2) is 68.0 Å². The van der Waals surface area contributed by atoms with E-state index in [2.05, 4.69) is 43.1 Å². The number of amides is 1. The highest BCUT2D eigenvalue weighted by atomic mass is 16.5. The third-order valence-electron chi connectivity index (χ3n) is 4.86. The molecule has 0 aromatic heterocycles. The Morgan fingerprint density at radius 3 is 2.23 bits per heavy atom. The van der Waals surface area contributed by atoms with Crippen LogP contribution in [0.3, 0.4) is 0 Å². The standard InChI is InChI=1S/C20H32N4O2/c1-6-21-19(24-13-11-23(12-14-24)16(2)25)22-15-20(3,4)17-7-9-18(26-5)10-8-17/h7-10H,6,11-15H2,1-5H3,(H,21,22). The lowest BCUT2D eigenvalue weighted by Crippen LogP contribution is -2.53. The molecule has 0 atom stereocenters. The zero-order valence-corrected chi connectivity index (χ0v) is 16.7. The lowest BCUT2D eigenvalue weighted by molar-refractivity contribution is -0.130. The lowest BCUT2D eigenvalue weighted by atomic mass is 9.85. The van der Waals surface area contributed by atoms with Crippen molar-refractivity contribution < 1.29 is 9.53 Å². The summed E-state index contributed by atoms with van der Waals surface area (Å²) in [5.74, 6) is 1.94. The SMILES string of the molecule is CCNC(=NCC(C)(C)c1ccc(OC)cc1)N1CCN(C(C)=O)CC1. The number of aliphatic imine (C=N–C) groups is 1. The van der Waals surface area contributed by atoms with Crippen LogP contribution in [0.4, 0.5) is 0 Å². The molecule has 0 spiro atoms. The molecule has 6 heteroatoms. The quantitative estimate of drug-likeness (QED) is 0.645. The zero-order valence-electron chi connectivity index (χ0n) is 16.7. The van der Waals surface area contributed by atoms with Crippen molar-refractivity contribution in [2.75, 3.05) is 46.4 Å². The van der Waals surface area contributed by atoms with Crippen LogP contribution < -0.4 is 10.1 Å². The Labute approximate surface area is 157 Å². The average Bonchev–Trinajstić information content (AvgIpc) is 2.65. The molecule has 1 saturated heterocycles. The van der Waals surface area contributed by atoms with Gasteiger partial charge in [0.05, 0.1) is 13.7 Å². The third-order valence-corrected chi connectivity index (χ3v) is 4.86. The van der Waals surface area contributed by atoms with Gasteiger partial charge >= 0.3 is 0 Å². The van der Waals surface area contributed by atoms with Crippen molar-refractivity contribution in [1.29, 1.82) is 0 Å². The van der Waals surface area contributed by atoms with E-state index in [1.54, 1.807) is 14.0 Å². The van der Waals surface area contributed by atoms with E-state index >= 15 is 0 Å². The van der Waals surface area contributed by atoms with Gasteiger partial charge in [0.2, 0.25) is 5.91 Å². The van der Waals surface area contributed by atoms with Crippen molar-refractivity contribution in [1.82, 2.24) is 15.1 Å². The van der Waals surface area contributed by atoms with Gasteiger partial charge in [0.15, 0.2) is 5.96 Å². The van der Waals surface area contributed by atoms with E-state index < -0.39 is 0 Å². The molecular formula is C20H32N4O2. The monoisotopic (exact) mass is 360 g/mol. The first-order chi connectivity index (χ1) is 12.4. The fourth-order valence-electron chi connectivity index (χ4n) is 3.06. The van der Waals surface area contributed by atoms with Crippen LogP contribution in [0.2, 0.25) is 0 Å². The summed E-state index contributed by atoms with van der Waals surface area (Å²) in [6.45, 7) is 12.8. The van der Waals surface area contributed by atoms with Gasteiger partial charge in [0.1, 0.15) is 5.75 Å². The first kappa shape index (κ1) is 20.1. The first-order valence-electron chi connectivity index (χ1n) is 9.30. The van der Waals surface area contributed by atoms with E-state index in [0.717, 1.165) is 44.4 Å². The summed E-state index contributed by atoms with van der Waals surface area (Å²) < 4.78 is 5.24. The number of nitrogens with one attached hydrogen (secondary N) is 1. The van der Waals surface area contributed by atoms with Gasteiger partial charge in [-0.15, -0.1) is 0 Å². The number of benzene rings is 1. The van der Waals surface area contributed by atoms with Gasteiger partial charge in [-0.25, -0.2) is 0 Å². The molecule has 6 nitrogen and oxygen atoms in total. The minimum Gasteiger partial charge on any atom is -0.497 e. The molecule has 2 rings (SSSR count). The van der Waals surface area contributed by atoms with E-state index in [9.17, 15) is 4.79 Å². The summed E-state index contributed by atoms with van der Waals surface area (Å²) in [4.78, 5) is 20.5. The highest BCUT2D eigenvalue weighted by molar-refractivity contribution is 5.80. The fraction of sp³-hybridized carbons (Fsp3) is 0.600. The number of methoxy groups -OCH3 is 1. The maximum absolute atomic E-state index is 11.5. The number of carbonyl (C=O) groups excluding carboxylic acids is 1. The summed E-state index contributed by atoms with van der Waals surface area (Å²) in [6.07, 6.45) is 0. The Morgan fingerprint density at radius 2 is 1.73 bits per heavy atom. The predicted molar refractivity (Wildman–Crippen MR) is 106 cm³/mol. The molecule has 144 valence electrons. The van der Waals surface area contributed by atoms with Gasteiger partial charge < -0.3 is 19.9 Å². The largest absolute Gasteiger partial charge is 0.497 e. The molecule has 0 unspecified atom stereocenters. The van der Waals surface area contributed by atoms with Crippen molar-refractivity contribution in [3.05, 3.63) is 29.8 Å². The Balaban J connectivity index is 2.06. The van der Waals surface area contributed by atoms with E-state index in [0.29, 0.717) is 6.54 Å². The van der Waals surface area contributed by atoms with E-state index in [1.165, 1.54) is 5.56 Å². The Bertz CT molecular complexity index is 617. The van der Waals surface area contributed by atoms with Crippen LogP contribution in [0.5, 0.6) is 5.75 Å². The number of hydrogen-bond donors (Lipinski definition) is 1. The molecule has 26 heavy (non-hydrogen) atoms. The molecule has 1 aromatic rings. The van der Waals surface area contributed by atoms with Gasteiger partial charge in [-0.05, 0) is 24.6 Å². The molecule has 1 fully saturated rings. The molecule has 0 bridgehead atoms. The number of piperazine rings is 1. The van der Waals surface area contributed by atoms with Crippen LogP contribution in [0.25, 0.3) is 0 Å². The molecule has 1 N–H and O–H groups in total. The van der Waals surface area contributed by atoms with Gasteiger partial charge in [-0.3, -0.25) is 9.79 Å². The minimum absolute atomic E-state index is 0.0752. The Kier molecular flexibility index (Phi) is 6.89. The van der Waals surface area contributed by atoms with Crippen molar-refractivity contribution in [3.63, 3.8) is 0 Å². The Morgan fingerprint density at radius 1 is 1.15 bits per heavy atom. The summed E-state index contributed by atoms with van der Waals surface area (Å²) in [5, 5.41) is 3.39. The number of carbonyl (C=O) groups is 1. The minimum atomic E-state index is -0.0752. The zero-order chi connectivity index (χ0) is 19.2.